The van der Waals surface area contributed by atoms with Gasteiger partial charge in [-0.3, -0.25) is 14.6 Å². The number of aryl methyl sites for hydroxylation is 1. The van der Waals surface area contributed by atoms with Gasteiger partial charge in [0.2, 0.25) is 0 Å². The van der Waals surface area contributed by atoms with Crippen LogP contribution in [0.2, 0.25) is 0 Å². The Kier molecular flexibility index (Phi) is 7.49. The molecule has 0 radical (unpaired) electrons. The van der Waals surface area contributed by atoms with E-state index in [0.29, 0.717) is 43.2 Å². The maximum atomic E-state index is 13.8. The van der Waals surface area contributed by atoms with Crippen molar-refractivity contribution in [3.05, 3.63) is 51.9 Å². The van der Waals surface area contributed by atoms with E-state index in [2.05, 4.69) is 37.9 Å². The van der Waals surface area contributed by atoms with Gasteiger partial charge in [0.15, 0.2) is 12.4 Å². The van der Waals surface area contributed by atoms with Crippen LogP contribution in [-0.2, 0) is 9.53 Å². The number of amides is 2. The number of allylic oxidation sites excluding steroid dienone is 3. The smallest absolute Gasteiger partial charge is 0.422 e. The van der Waals surface area contributed by atoms with Crippen LogP contribution in [0.15, 0.2) is 50.1 Å². The third kappa shape index (κ3) is 5.93. The molecule has 2 amide bonds. The van der Waals surface area contributed by atoms with Gasteiger partial charge in [0, 0.05) is 26.4 Å². The van der Waals surface area contributed by atoms with E-state index in [1.807, 2.05) is 0 Å². The van der Waals surface area contributed by atoms with E-state index in [1.165, 1.54) is 19.0 Å². The van der Waals surface area contributed by atoms with E-state index in [1.54, 1.807) is 20.0 Å². The first kappa shape index (κ1) is 27.6. The van der Waals surface area contributed by atoms with E-state index in [-0.39, 0.29) is 29.1 Å². The van der Waals surface area contributed by atoms with E-state index in [4.69, 9.17) is 9.26 Å². The van der Waals surface area contributed by atoms with Crippen LogP contribution in [0.25, 0.3) is 0 Å². The number of rotatable bonds is 8. The molecule has 1 aliphatic heterocycles. The number of alkyl halides is 3. The first-order valence-corrected chi connectivity index (χ1v) is 13.2. The Bertz CT molecular complexity index is 1400. The Morgan fingerprint density at radius 1 is 1.38 bits per heavy atom. The minimum Gasteiger partial charge on any atom is -0.476 e. The van der Waals surface area contributed by atoms with Crippen LogP contribution in [0.5, 0.6) is 0 Å². The van der Waals surface area contributed by atoms with Crippen LogP contribution in [0.1, 0.15) is 61.1 Å². The Labute approximate surface area is 229 Å². The number of aromatic nitrogens is 1. The van der Waals surface area contributed by atoms with E-state index < -0.39 is 30.1 Å². The first-order chi connectivity index (χ1) is 19.1. The van der Waals surface area contributed by atoms with Gasteiger partial charge in [-0.15, -0.1) is 0 Å². The van der Waals surface area contributed by atoms with Crippen molar-refractivity contribution >= 4 is 17.5 Å². The summed E-state index contributed by atoms with van der Waals surface area (Å²) < 4.78 is 48.0. The number of ether oxygens (including phenoxy) is 1. The van der Waals surface area contributed by atoms with Crippen molar-refractivity contribution in [2.45, 2.75) is 63.6 Å². The number of halogens is 3. The van der Waals surface area contributed by atoms with Crippen molar-refractivity contribution in [1.82, 2.24) is 21.1 Å². The SMILES string of the molecule is C/N=C1/C[C@]2(CCC3=C2CC#CC(OCC(F)(F)F)=C3)NC(=O)/C1=C(/NCCC1CC1)NC(=O)c1cnoc1C. The Morgan fingerprint density at radius 2 is 2.17 bits per heavy atom. The zero-order valence-corrected chi connectivity index (χ0v) is 22.3. The summed E-state index contributed by atoms with van der Waals surface area (Å²) in [4.78, 5) is 31.2. The highest BCUT2D eigenvalue weighted by atomic mass is 19.4. The molecule has 5 rings (SSSR count). The highest BCUT2D eigenvalue weighted by Crippen LogP contribution is 2.44. The van der Waals surface area contributed by atoms with Gasteiger partial charge in [0.25, 0.3) is 11.8 Å². The molecule has 9 nitrogen and oxygen atoms in total. The molecule has 212 valence electrons. The number of aliphatic imine (C=N–C) groups is 1. The quantitative estimate of drug-likeness (QED) is 0.332. The lowest BCUT2D eigenvalue weighted by Gasteiger charge is -2.39. The van der Waals surface area contributed by atoms with Gasteiger partial charge in [0.1, 0.15) is 22.7 Å². The molecule has 0 aromatic carbocycles. The van der Waals surface area contributed by atoms with Crippen LogP contribution in [0, 0.1) is 24.7 Å². The second-order valence-electron chi connectivity index (χ2n) is 10.4. The summed E-state index contributed by atoms with van der Waals surface area (Å²) in [5.41, 5.74) is 1.84. The second kappa shape index (κ2) is 10.9. The number of nitrogens with zero attached hydrogens (tertiary/aromatic N) is 2. The maximum absolute atomic E-state index is 13.8. The molecule has 12 heteroatoms. The van der Waals surface area contributed by atoms with E-state index >= 15 is 0 Å². The molecule has 1 saturated carbocycles. The van der Waals surface area contributed by atoms with Crippen LogP contribution in [0.4, 0.5) is 13.2 Å². The standard InChI is InChI=1S/C28H30F3N5O4/c1-16-20(14-34-40-16)25(37)35-24(33-11-9-17-6-7-17)23-22(32-2)13-27(36-26(23)38)10-8-18-12-19(4-3-5-21(18)27)39-15-28(29,30)31/h12,14,17,33H,5-11,13,15H2,1-2H3,(H,35,37)(H,36,38)/b24-23-,32-22-/t27-/m0/s1. The molecule has 0 unspecified atom stereocenters. The molecule has 1 spiro atoms. The molecule has 2 fully saturated rings. The van der Waals surface area contributed by atoms with Crippen molar-refractivity contribution in [3.63, 3.8) is 0 Å². The zero-order chi connectivity index (χ0) is 28.5. The average molecular weight is 558 g/mol. The molecule has 2 heterocycles. The predicted molar refractivity (Wildman–Crippen MR) is 139 cm³/mol. The third-order valence-corrected chi connectivity index (χ3v) is 7.60. The van der Waals surface area contributed by atoms with E-state index in [0.717, 1.165) is 17.6 Å². The molecule has 3 aliphatic carbocycles. The molecule has 1 aromatic heterocycles. The van der Waals surface area contributed by atoms with Crippen molar-refractivity contribution in [2.75, 3.05) is 20.2 Å². The summed E-state index contributed by atoms with van der Waals surface area (Å²) in [5, 5.41) is 12.9. The minimum atomic E-state index is -4.47. The molecule has 3 N–H and O–H groups in total. The number of hydrogen-bond donors (Lipinski definition) is 3. The summed E-state index contributed by atoms with van der Waals surface area (Å²) >= 11 is 0. The third-order valence-electron chi connectivity index (χ3n) is 7.60. The Hall–Kier alpha value is -4.01. The van der Waals surface area contributed by atoms with Crippen LogP contribution in [0.3, 0.4) is 0 Å². The normalized spacial score (nSPS) is 24.6. The summed E-state index contributed by atoms with van der Waals surface area (Å²) in [5.74, 6) is 5.89. The summed E-state index contributed by atoms with van der Waals surface area (Å²) in [6.45, 7) is 0.772. The van der Waals surface area contributed by atoms with Gasteiger partial charge in [-0.1, -0.05) is 23.9 Å². The van der Waals surface area contributed by atoms with Crippen LogP contribution >= 0.6 is 0 Å². The molecule has 40 heavy (non-hydrogen) atoms. The monoisotopic (exact) mass is 557 g/mol. The molecule has 1 saturated heterocycles. The fourth-order valence-electron chi connectivity index (χ4n) is 5.36. The van der Waals surface area contributed by atoms with Crippen molar-refractivity contribution < 1.29 is 32.0 Å². The highest BCUT2D eigenvalue weighted by molar-refractivity contribution is 6.25. The average Bonchev–Trinajstić information content (AvgIpc) is 3.59. The minimum absolute atomic E-state index is 0.0413. The lowest BCUT2D eigenvalue weighted by atomic mass is 9.78. The lowest BCUT2D eigenvalue weighted by Crippen LogP contribution is -2.56. The first-order valence-electron chi connectivity index (χ1n) is 13.2. The Balaban J connectivity index is 1.43. The number of nitrogens with one attached hydrogen (secondary N) is 3. The molecular weight excluding hydrogens is 527 g/mol. The number of carbonyl (C=O) groups excluding carboxylic acids is 2. The molecule has 1 aromatic rings. The van der Waals surface area contributed by atoms with Crippen LogP contribution in [-0.4, -0.2) is 54.6 Å². The maximum Gasteiger partial charge on any atom is 0.422 e. The number of carbonyl (C=O) groups is 2. The highest BCUT2D eigenvalue weighted by Gasteiger charge is 2.48. The fourth-order valence-corrected chi connectivity index (χ4v) is 5.36. The van der Waals surface area contributed by atoms with Crippen LogP contribution < -0.4 is 16.0 Å². The lowest BCUT2D eigenvalue weighted by molar-refractivity contribution is -0.163. The van der Waals surface area contributed by atoms with Gasteiger partial charge in [-0.2, -0.15) is 13.2 Å². The van der Waals surface area contributed by atoms with Crippen molar-refractivity contribution in [3.8, 4) is 11.8 Å². The topological polar surface area (TPSA) is 118 Å². The summed E-state index contributed by atoms with van der Waals surface area (Å²) in [6.07, 6.45) is 3.33. The second-order valence-corrected chi connectivity index (χ2v) is 10.4. The predicted octanol–water partition coefficient (Wildman–Crippen LogP) is 3.60. The summed E-state index contributed by atoms with van der Waals surface area (Å²) in [7, 11) is 1.59. The van der Waals surface area contributed by atoms with Gasteiger partial charge in [-0.25, -0.2) is 0 Å². The van der Waals surface area contributed by atoms with Crippen molar-refractivity contribution in [1.29, 1.82) is 0 Å². The molecule has 0 bridgehead atoms. The van der Waals surface area contributed by atoms with Gasteiger partial charge >= 0.3 is 6.18 Å². The van der Waals surface area contributed by atoms with Crippen molar-refractivity contribution in [2.24, 2.45) is 10.9 Å². The van der Waals surface area contributed by atoms with Gasteiger partial charge in [-0.05, 0) is 55.2 Å². The fraction of sp³-hybridized carbons (Fsp3) is 0.500. The summed E-state index contributed by atoms with van der Waals surface area (Å²) in [6, 6.07) is 0. The number of hydrogen-bond acceptors (Lipinski definition) is 7. The van der Waals surface area contributed by atoms with Gasteiger partial charge < -0.3 is 25.2 Å². The van der Waals surface area contributed by atoms with Gasteiger partial charge in [0.05, 0.1) is 17.4 Å². The molecule has 4 aliphatic rings. The Morgan fingerprint density at radius 3 is 2.85 bits per heavy atom. The molecular formula is C28H30F3N5O4. The number of piperidine rings is 1. The largest absolute Gasteiger partial charge is 0.476 e. The zero-order valence-electron chi connectivity index (χ0n) is 22.3. The number of fused-ring (bicyclic) bond motifs is 1. The molecule has 1 atom stereocenters. The van der Waals surface area contributed by atoms with E-state index in [9.17, 15) is 22.8 Å².